The summed E-state index contributed by atoms with van der Waals surface area (Å²) in [6, 6.07) is 17.7. The number of carbonyl (C=O) groups is 1. The average Bonchev–Trinajstić information content (AvgIpc) is 2.98. The van der Waals surface area contributed by atoms with E-state index >= 15 is 0 Å². The maximum atomic E-state index is 12.4. The van der Waals surface area contributed by atoms with Crippen molar-refractivity contribution in [2.45, 2.75) is 6.04 Å². The Kier molecular flexibility index (Phi) is 5.02. The molecule has 1 amide bonds. The average molecular weight is 387 g/mol. The molecule has 0 aliphatic carbocycles. The molecule has 0 saturated heterocycles. The van der Waals surface area contributed by atoms with E-state index < -0.39 is 0 Å². The number of halogens is 1. The van der Waals surface area contributed by atoms with Gasteiger partial charge in [0.25, 0.3) is 5.91 Å². The van der Waals surface area contributed by atoms with Crippen LogP contribution in [0, 0.1) is 0 Å². The normalized spacial score (nSPS) is 12.5. The number of hydrogen-bond donors (Lipinski definition) is 1. The summed E-state index contributed by atoms with van der Waals surface area (Å²) in [5.74, 6) is 0.124. The molecule has 4 nitrogen and oxygen atoms in total. The largest absolute Gasteiger partial charge is 0.451 e. The molecular weight excluding hydrogens is 368 g/mol. The van der Waals surface area contributed by atoms with Gasteiger partial charge < -0.3 is 14.6 Å². The lowest BCUT2D eigenvalue weighted by Gasteiger charge is -2.24. The molecule has 24 heavy (non-hydrogen) atoms. The second-order valence-electron chi connectivity index (χ2n) is 5.89. The fraction of sp³-hybridized carbons (Fsp3) is 0.211. The number of nitrogens with zero attached hydrogens (tertiary/aromatic N) is 1. The first-order valence-electron chi connectivity index (χ1n) is 7.73. The highest BCUT2D eigenvalue weighted by molar-refractivity contribution is 9.10. The Morgan fingerprint density at radius 3 is 2.62 bits per heavy atom. The van der Waals surface area contributed by atoms with Crippen molar-refractivity contribution in [2.75, 3.05) is 20.6 Å². The van der Waals surface area contributed by atoms with Gasteiger partial charge in [-0.2, -0.15) is 0 Å². The highest BCUT2D eigenvalue weighted by Crippen LogP contribution is 2.23. The van der Waals surface area contributed by atoms with Crippen LogP contribution in [0.25, 0.3) is 11.0 Å². The molecule has 5 heteroatoms. The van der Waals surface area contributed by atoms with Gasteiger partial charge in [-0.3, -0.25) is 4.79 Å². The summed E-state index contributed by atoms with van der Waals surface area (Å²) in [6.45, 7) is 0.511. The van der Waals surface area contributed by atoms with E-state index in [1.807, 2.05) is 50.5 Å². The first kappa shape index (κ1) is 16.7. The summed E-state index contributed by atoms with van der Waals surface area (Å²) in [6.07, 6.45) is 0. The van der Waals surface area contributed by atoms with Crippen LogP contribution in [0.2, 0.25) is 0 Å². The predicted octanol–water partition coefficient (Wildman–Crippen LogP) is 4.23. The molecule has 1 unspecified atom stereocenters. The molecular formula is C19H19BrN2O2. The molecule has 0 aliphatic rings. The minimum absolute atomic E-state index is 0.105. The number of rotatable bonds is 5. The quantitative estimate of drug-likeness (QED) is 0.713. The Labute approximate surface area is 149 Å². The van der Waals surface area contributed by atoms with Gasteiger partial charge in [-0.05, 0) is 43.9 Å². The topological polar surface area (TPSA) is 45.5 Å². The van der Waals surface area contributed by atoms with Gasteiger partial charge in [0.15, 0.2) is 5.76 Å². The lowest BCUT2D eigenvalue weighted by atomic mass is 10.1. The predicted molar refractivity (Wildman–Crippen MR) is 99.1 cm³/mol. The Morgan fingerprint density at radius 2 is 1.92 bits per heavy atom. The molecule has 0 fully saturated rings. The Hall–Kier alpha value is -2.11. The fourth-order valence-electron chi connectivity index (χ4n) is 2.68. The molecule has 0 saturated carbocycles. The maximum absolute atomic E-state index is 12.4. The lowest BCUT2D eigenvalue weighted by Crippen LogP contribution is -2.34. The number of nitrogens with one attached hydrogen (secondary N) is 1. The van der Waals surface area contributed by atoms with Gasteiger partial charge in [0.1, 0.15) is 5.58 Å². The number of amides is 1. The van der Waals surface area contributed by atoms with Crippen molar-refractivity contribution < 1.29 is 9.21 Å². The summed E-state index contributed by atoms with van der Waals surface area (Å²) in [7, 11) is 4.01. The molecule has 0 spiro atoms. The summed E-state index contributed by atoms with van der Waals surface area (Å²) in [5, 5.41) is 3.87. The van der Waals surface area contributed by atoms with Gasteiger partial charge >= 0.3 is 0 Å². The number of likely N-dealkylation sites (N-methyl/N-ethyl adjacent to an activating group) is 1. The van der Waals surface area contributed by atoms with E-state index in [-0.39, 0.29) is 11.9 Å². The van der Waals surface area contributed by atoms with Crippen LogP contribution in [0.5, 0.6) is 0 Å². The molecule has 0 radical (unpaired) electrons. The third-order valence-corrected chi connectivity index (χ3v) is 4.46. The number of furan rings is 1. The Bertz CT molecular complexity index is 843. The highest BCUT2D eigenvalue weighted by Gasteiger charge is 2.17. The van der Waals surface area contributed by atoms with Gasteiger partial charge in [0.2, 0.25) is 0 Å². The van der Waals surface area contributed by atoms with Crippen molar-refractivity contribution in [1.82, 2.24) is 10.2 Å². The second-order valence-corrected chi connectivity index (χ2v) is 6.81. The molecule has 124 valence electrons. The molecule has 3 aromatic rings. The first-order chi connectivity index (χ1) is 11.5. The van der Waals surface area contributed by atoms with E-state index in [0.717, 1.165) is 15.4 Å². The maximum Gasteiger partial charge on any atom is 0.287 e. The summed E-state index contributed by atoms with van der Waals surface area (Å²) >= 11 is 3.42. The molecule has 2 aromatic carbocycles. The van der Waals surface area contributed by atoms with E-state index in [4.69, 9.17) is 4.42 Å². The van der Waals surface area contributed by atoms with Crippen molar-refractivity contribution in [3.63, 3.8) is 0 Å². The van der Waals surface area contributed by atoms with Crippen LogP contribution in [0.15, 0.2) is 63.5 Å². The molecule has 1 atom stereocenters. The smallest absolute Gasteiger partial charge is 0.287 e. The number of benzene rings is 2. The van der Waals surface area contributed by atoms with Gasteiger partial charge in [-0.1, -0.05) is 46.3 Å². The lowest BCUT2D eigenvalue weighted by molar-refractivity contribution is 0.0916. The monoisotopic (exact) mass is 386 g/mol. The highest BCUT2D eigenvalue weighted by atomic mass is 79.9. The molecule has 1 N–H and O–H groups in total. The minimum Gasteiger partial charge on any atom is -0.451 e. The van der Waals surface area contributed by atoms with Gasteiger partial charge in [-0.25, -0.2) is 0 Å². The first-order valence-corrected chi connectivity index (χ1v) is 8.52. The van der Waals surface area contributed by atoms with Crippen LogP contribution in [-0.2, 0) is 0 Å². The standard InChI is InChI=1S/C19H19BrN2O2/c1-22(2)16(13-6-4-3-5-7-13)12-21-19(23)18-11-14-10-15(20)8-9-17(14)24-18/h3-11,16H,12H2,1-2H3,(H,21,23). The van der Waals surface area contributed by atoms with Crippen LogP contribution >= 0.6 is 15.9 Å². The van der Waals surface area contributed by atoms with Crippen LogP contribution in [0.3, 0.4) is 0 Å². The third-order valence-electron chi connectivity index (χ3n) is 3.97. The second kappa shape index (κ2) is 7.20. The van der Waals surface area contributed by atoms with Crippen LogP contribution in [0.4, 0.5) is 0 Å². The van der Waals surface area contributed by atoms with Crippen LogP contribution in [0.1, 0.15) is 22.2 Å². The van der Waals surface area contributed by atoms with Crippen molar-refractivity contribution in [3.8, 4) is 0 Å². The zero-order valence-electron chi connectivity index (χ0n) is 13.6. The SMILES string of the molecule is CN(C)C(CNC(=O)c1cc2cc(Br)ccc2o1)c1ccccc1. The van der Waals surface area contributed by atoms with Crippen LogP contribution in [-0.4, -0.2) is 31.4 Å². The van der Waals surface area contributed by atoms with E-state index in [2.05, 4.69) is 38.3 Å². The minimum atomic E-state index is -0.204. The van der Waals surface area contributed by atoms with Crippen molar-refractivity contribution in [2.24, 2.45) is 0 Å². The molecule has 1 aromatic heterocycles. The fourth-order valence-corrected chi connectivity index (χ4v) is 3.06. The Morgan fingerprint density at radius 1 is 1.17 bits per heavy atom. The van der Waals surface area contributed by atoms with Crippen molar-refractivity contribution in [1.29, 1.82) is 0 Å². The number of fused-ring (bicyclic) bond motifs is 1. The van der Waals surface area contributed by atoms with E-state index in [9.17, 15) is 4.79 Å². The van der Waals surface area contributed by atoms with Crippen molar-refractivity contribution >= 4 is 32.8 Å². The zero-order valence-corrected chi connectivity index (χ0v) is 15.2. The molecule has 0 aliphatic heterocycles. The summed E-state index contributed by atoms with van der Waals surface area (Å²) < 4.78 is 6.59. The third kappa shape index (κ3) is 3.68. The number of hydrogen-bond acceptors (Lipinski definition) is 3. The number of carbonyl (C=O) groups excluding carboxylic acids is 1. The van der Waals surface area contributed by atoms with Gasteiger partial charge in [0.05, 0.1) is 6.04 Å². The van der Waals surface area contributed by atoms with E-state index in [1.54, 1.807) is 6.07 Å². The molecule has 3 rings (SSSR count). The van der Waals surface area contributed by atoms with Crippen molar-refractivity contribution in [3.05, 3.63) is 70.4 Å². The molecule has 1 heterocycles. The van der Waals surface area contributed by atoms with Gasteiger partial charge in [0, 0.05) is 16.4 Å². The Balaban J connectivity index is 1.73. The van der Waals surface area contributed by atoms with Crippen LogP contribution < -0.4 is 5.32 Å². The summed E-state index contributed by atoms with van der Waals surface area (Å²) in [4.78, 5) is 14.5. The summed E-state index contributed by atoms with van der Waals surface area (Å²) in [5.41, 5.74) is 1.87. The van der Waals surface area contributed by atoms with E-state index in [1.165, 1.54) is 0 Å². The van der Waals surface area contributed by atoms with Gasteiger partial charge in [-0.15, -0.1) is 0 Å². The van der Waals surface area contributed by atoms with E-state index in [0.29, 0.717) is 17.9 Å². The molecule has 0 bridgehead atoms. The zero-order chi connectivity index (χ0) is 17.1.